The Morgan fingerprint density at radius 3 is 2.25 bits per heavy atom. The van der Waals surface area contributed by atoms with Crippen LogP contribution in [0, 0.1) is 0 Å². The number of carboxylic acid groups (broad SMARTS) is 1. The average Bonchev–Trinajstić information content (AvgIpc) is 2.75. The lowest BCUT2D eigenvalue weighted by atomic mass is 10.2. The van der Waals surface area contributed by atoms with Gasteiger partial charge in [0, 0.05) is 12.8 Å². The van der Waals surface area contributed by atoms with Gasteiger partial charge in [-0.05, 0) is 26.0 Å². The van der Waals surface area contributed by atoms with Gasteiger partial charge in [-0.2, -0.15) is 0 Å². The number of sulfonamides is 1. The van der Waals surface area contributed by atoms with Crippen molar-refractivity contribution in [3.63, 3.8) is 0 Å². The van der Waals surface area contributed by atoms with E-state index in [1.807, 2.05) is 0 Å². The standard InChI is InChI=1S/C10H15NO6S3/c1-10(2,19(3,14)15)6-11-20(16,17)8-5-4-7(18-8)9(12)13/h4-5,11H,6H2,1-3H3,(H,12,13). The maximum absolute atomic E-state index is 12.0. The molecule has 114 valence electrons. The number of aromatic carboxylic acids is 1. The Bertz CT molecular complexity index is 714. The topological polar surface area (TPSA) is 118 Å². The van der Waals surface area contributed by atoms with Crippen molar-refractivity contribution < 1.29 is 26.7 Å². The summed E-state index contributed by atoms with van der Waals surface area (Å²) in [5.41, 5.74) is 0. The van der Waals surface area contributed by atoms with Crippen LogP contribution in [-0.4, -0.2) is 45.5 Å². The van der Waals surface area contributed by atoms with Crippen LogP contribution in [0.25, 0.3) is 0 Å². The second-order valence-electron chi connectivity index (χ2n) is 4.78. The van der Waals surface area contributed by atoms with Crippen LogP contribution in [0.4, 0.5) is 0 Å². The van der Waals surface area contributed by atoms with E-state index in [9.17, 15) is 21.6 Å². The molecule has 0 aliphatic rings. The van der Waals surface area contributed by atoms with Gasteiger partial charge >= 0.3 is 5.97 Å². The Balaban J connectivity index is 2.94. The molecule has 0 spiro atoms. The third-order valence-electron chi connectivity index (χ3n) is 2.75. The lowest BCUT2D eigenvalue weighted by molar-refractivity contribution is 0.0702. The number of hydrogen-bond acceptors (Lipinski definition) is 6. The van der Waals surface area contributed by atoms with Gasteiger partial charge in [0.1, 0.15) is 9.09 Å². The molecule has 0 aliphatic heterocycles. The van der Waals surface area contributed by atoms with Gasteiger partial charge in [0.15, 0.2) is 9.84 Å². The van der Waals surface area contributed by atoms with Crippen molar-refractivity contribution in [3.05, 3.63) is 17.0 Å². The highest BCUT2D eigenvalue weighted by Gasteiger charge is 2.32. The summed E-state index contributed by atoms with van der Waals surface area (Å²) < 4.78 is 47.6. The zero-order valence-electron chi connectivity index (χ0n) is 11.1. The number of rotatable bonds is 6. The number of sulfone groups is 1. The summed E-state index contributed by atoms with van der Waals surface area (Å²) in [5, 5.41) is 8.75. The molecule has 0 amide bonds. The SMILES string of the molecule is CC(C)(CNS(=O)(=O)c1ccc(C(=O)O)s1)S(C)(=O)=O. The van der Waals surface area contributed by atoms with Crippen LogP contribution in [0.15, 0.2) is 16.3 Å². The Labute approximate surface area is 121 Å². The minimum atomic E-state index is -3.93. The minimum absolute atomic E-state index is 0.104. The molecule has 0 unspecified atom stereocenters. The average molecular weight is 341 g/mol. The Morgan fingerprint density at radius 1 is 1.30 bits per heavy atom. The molecule has 0 saturated heterocycles. The molecule has 0 atom stereocenters. The molecule has 0 radical (unpaired) electrons. The van der Waals surface area contributed by atoms with Crippen molar-refractivity contribution in [1.29, 1.82) is 0 Å². The van der Waals surface area contributed by atoms with Crippen LogP contribution in [0.2, 0.25) is 0 Å². The van der Waals surface area contributed by atoms with Crippen molar-refractivity contribution in [3.8, 4) is 0 Å². The van der Waals surface area contributed by atoms with Gasteiger partial charge < -0.3 is 5.11 Å². The summed E-state index contributed by atoms with van der Waals surface area (Å²) >= 11 is 0.607. The van der Waals surface area contributed by atoms with Crippen molar-refractivity contribution in [2.45, 2.75) is 22.8 Å². The van der Waals surface area contributed by atoms with E-state index in [4.69, 9.17) is 5.11 Å². The molecule has 0 aromatic carbocycles. The van der Waals surface area contributed by atoms with Gasteiger partial charge in [-0.3, -0.25) is 0 Å². The zero-order chi connectivity index (χ0) is 15.8. The zero-order valence-corrected chi connectivity index (χ0v) is 13.5. The molecule has 1 heterocycles. The largest absolute Gasteiger partial charge is 0.477 e. The lowest BCUT2D eigenvalue weighted by Crippen LogP contribution is -2.43. The fourth-order valence-electron chi connectivity index (χ4n) is 1.05. The van der Waals surface area contributed by atoms with Gasteiger partial charge in [-0.1, -0.05) is 0 Å². The molecule has 0 saturated carbocycles. The molecular weight excluding hydrogens is 326 g/mol. The molecule has 7 nitrogen and oxygen atoms in total. The van der Waals surface area contributed by atoms with Crippen LogP contribution in [0.5, 0.6) is 0 Å². The second-order valence-corrected chi connectivity index (χ2v) is 10.5. The van der Waals surface area contributed by atoms with Gasteiger partial charge in [-0.25, -0.2) is 26.4 Å². The number of carbonyl (C=O) groups is 1. The Kier molecular flexibility index (Phi) is 4.64. The maximum atomic E-state index is 12.0. The smallest absolute Gasteiger partial charge is 0.345 e. The Morgan fingerprint density at radius 2 is 1.85 bits per heavy atom. The molecule has 0 bridgehead atoms. The highest BCUT2D eigenvalue weighted by Crippen LogP contribution is 2.22. The molecule has 10 heteroatoms. The molecule has 2 N–H and O–H groups in total. The Hall–Kier alpha value is -0.970. The first-order valence-electron chi connectivity index (χ1n) is 5.39. The van der Waals surface area contributed by atoms with Gasteiger partial charge in [0.2, 0.25) is 10.0 Å². The van der Waals surface area contributed by atoms with Crippen molar-refractivity contribution in [2.75, 3.05) is 12.8 Å². The predicted molar refractivity (Wildman–Crippen MR) is 75.4 cm³/mol. The van der Waals surface area contributed by atoms with E-state index < -0.39 is 30.6 Å². The molecule has 20 heavy (non-hydrogen) atoms. The molecular formula is C10H15NO6S3. The first-order valence-corrected chi connectivity index (χ1v) is 9.58. The van der Waals surface area contributed by atoms with Gasteiger partial charge in [0.05, 0.1) is 4.75 Å². The highest BCUT2D eigenvalue weighted by atomic mass is 32.2. The van der Waals surface area contributed by atoms with E-state index in [2.05, 4.69) is 4.72 Å². The summed E-state index contributed by atoms with van der Waals surface area (Å²) in [4.78, 5) is 10.6. The van der Waals surface area contributed by atoms with Crippen LogP contribution in [0.3, 0.4) is 0 Å². The van der Waals surface area contributed by atoms with Crippen LogP contribution in [0.1, 0.15) is 23.5 Å². The fraction of sp³-hybridized carbons (Fsp3) is 0.500. The summed E-state index contributed by atoms with van der Waals surface area (Å²) in [6.45, 7) is 2.51. The quantitative estimate of drug-likeness (QED) is 0.780. The second kappa shape index (κ2) is 5.43. The van der Waals surface area contributed by atoms with Crippen LogP contribution in [-0.2, 0) is 19.9 Å². The van der Waals surface area contributed by atoms with E-state index in [1.54, 1.807) is 0 Å². The first-order chi connectivity index (χ1) is 8.87. The van der Waals surface area contributed by atoms with Gasteiger partial charge in [-0.15, -0.1) is 11.3 Å². The highest BCUT2D eigenvalue weighted by molar-refractivity contribution is 7.92. The van der Waals surface area contributed by atoms with E-state index >= 15 is 0 Å². The van der Waals surface area contributed by atoms with Crippen molar-refractivity contribution in [2.24, 2.45) is 0 Å². The minimum Gasteiger partial charge on any atom is -0.477 e. The molecule has 0 aliphatic carbocycles. The first kappa shape index (κ1) is 17.1. The number of hydrogen-bond donors (Lipinski definition) is 2. The van der Waals surface area contributed by atoms with E-state index in [1.165, 1.54) is 26.0 Å². The third kappa shape index (κ3) is 3.78. The number of nitrogens with one attached hydrogen (secondary N) is 1. The van der Waals surface area contributed by atoms with Crippen LogP contribution >= 0.6 is 11.3 Å². The number of carboxylic acids is 1. The summed E-state index contributed by atoms with van der Waals surface area (Å²) in [6, 6.07) is 2.35. The van der Waals surface area contributed by atoms with E-state index in [-0.39, 0.29) is 15.6 Å². The summed E-state index contributed by atoms with van der Waals surface area (Å²) in [5.74, 6) is -1.21. The van der Waals surface area contributed by atoms with Crippen molar-refractivity contribution in [1.82, 2.24) is 4.72 Å². The summed E-state index contributed by atoms with van der Waals surface area (Å²) in [7, 11) is -7.36. The number of thiophene rings is 1. The summed E-state index contributed by atoms with van der Waals surface area (Å²) in [6.07, 6.45) is 1.02. The molecule has 1 aromatic heterocycles. The van der Waals surface area contributed by atoms with Gasteiger partial charge in [0.25, 0.3) is 0 Å². The normalized spacial score (nSPS) is 13.3. The van der Waals surface area contributed by atoms with E-state index in [0.29, 0.717) is 11.3 Å². The fourth-order valence-corrected chi connectivity index (χ4v) is 3.88. The van der Waals surface area contributed by atoms with Crippen LogP contribution < -0.4 is 4.72 Å². The molecule has 0 fully saturated rings. The lowest BCUT2D eigenvalue weighted by Gasteiger charge is -2.22. The third-order valence-corrected chi connectivity index (χ3v) is 7.87. The van der Waals surface area contributed by atoms with Crippen molar-refractivity contribution >= 4 is 37.2 Å². The maximum Gasteiger partial charge on any atom is 0.345 e. The molecule has 1 rings (SSSR count). The monoisotopic (exact) mass is 341 g/mol. The molecule has 1 aromatic rings. The van der Waals surface area contributed by atoms with E-state index in [0.717, 1.165) is 6.26 Å². The predicted octanol–water partition coefficient (Wildman–Crippen LogP) is 0.548.